The monoisotopic (exact) mass is 247 g/mol. The summed E-state index contributed by atoms with van der Waals surface area (Å²) in [6, 6.07) is 1.62. The molecule has 1 aromatic heterocycles. The topological polar surface area (TPSA) is 96.5 Å². The molecule has 6 nitrogen and oxygen atoms in total. The maximum Gasteiger partial charge on any atom is 0.323 e. The van der Waals surface area contributed by atoms with Crippen molar-refractivity contribution in [1.29, 1.82) is 0 Å². The summed E-state index contributed by atoms with van der Waals surface area (Å²) in [5, 5.41) is 8.82. The summed E-state index contributed by atoms with van der Waals surface area (Å²) in [5.41, 5.74) is 6.09. The number of nitrogens with two attached hydrogens (primary N) is 1. The van der Waals surface area contributed by atoms with Gasteiger partial charge in [-0.3, -0.25) is 9.59 Å². The van der Waals surface area contributed by atoms with Crippen molar-refractivity contribution >= 4 is 17.7 Å². The molecule has 1 aromatic rings. The minimum atomic E-state index is -1.07. The summed E-state index contributed by atoms with van der Waals surface area (Å²) in [6.45, 7) is 1.38. The van der Waals surface area contributed by atoms with Gasteiger partial charge in [0.2, 0.25) is 0 Å². The Labute approximate surface area is 104 Å². The van der Waals surface area contributed by atoms with E-state index in [1.807, 2.05) is 0 Å². The summed E-state index contributed by atoms with van der Waals surface area (Å²) >= 11 is 0. The zero-order valence-electron chi connectivity index (χ0n) is 9.88. The van der Waals surface area contributed by atoms with Crippen molar-refractivity contribution < 1.29 is 14.7 Å². The molecule has 1 amide bonds. The van der Waals surface area contributed by atoms with Crippen LogP contribution in [0.25, 0.3) is 0 Å². The van der Waals surface area contributed by atoms with Crippen LogP contribution in [0.3, 0.4) is 0 Å². The van der Waals surface area contributed by atoms with Crippen molar-refractivity contribution in [1.82, 2.24) is 4.98 Å². The van der Waals surface area contributed by atoms with Crippen LogP contribution in [0.4, 0.5) is 5.82 Å². The Morgan fingerprint density at radius 3 is 2.78 bits per heavy atom. The highest BCUT2D eigenvalue weighted by Gasteiger charge is 2.19. The van der Waals surface area contributed by atoms with Gasteiger partial charge in [-0.15, -0.1) is 6.42 Å². The highest BCUT2D eigenvalue weighted by Crippen LogP contribution is 2.20. The first-order valence-corrected chi connectivity index (χ1v) is 5.13. The third-order valence-corrected chi connectivity index (χ3v) is 2.29. The molecule has 0 aliphatic rings. The van der Waals surface area contributed by atoms with E-state index in [1.165, 1.54) is 11.1 Å². The molecule has 1 heterocycles. The predicted molar refractivity (Wildman–Crippen MR) is 66.2 cm³/mol. The average molecular weight is 247 g/mol. The first kappa shape index (κ1) is 13.5. The zero-order chi connectivity index (χ0) is 13.7. The first-order chi connectivity index (χ1) is 8.47. The minimum absolute atomic E-state index is 0.0308. The lowest BCUT2D eigenvalue weighted by Crippen LogP contribution is -2.33. The number of aryl methyl sites for hydroxylation is 1. The minimum Gasteiger partial charge on any atom is -0.480 e. The van der Waals surface area contributed by atoms with Crippen LogP contribution in [0.1, 0.15) is 15.9 Å². The molecule has 3 N–H and O–H groups in total. The van der Waals surface area contributed by atoms with E-state index in [-0.39, 0.29) is 24.5 Å². The number of amides is 1. The number of terminal acetylenes is 1. The lowest BCUT2D eigenvalue weighted by atomic mass is 10.1. The summed E-state index contributed by atoms with van der Waals surface area (Å²) in [7, 11) is 0. The summed E-state index contributed by atoms with van der Waals surface area (Å²) < 4.78 is 0. The number of anilines is 1. The molecule has 0 aromatic carbocycles. The van der Waals surface area contributed by atoms with Gasteiger partial charge in [-0.05, 0) is 18.6 Å². The molecule has 0 aliphatic carbocycles. The summed E-state index contributed by atoms with van der Waals surface area (Å²) in [4.78, 5) is 27.5. The maximum absolute atomic E-state index is 11.4. The Kier molecular flexibility index (Phi) is 4.27. The molecule has 0 unspecified atom stereocenters. The molecule has 18 heavy (non-hydrogen) atoms. The fourth-order valence-electron chi connectivity index (χ4n) is 1.57. The Bertz CT molecular complexity index is 520. The second-order valence-electron chi connectivity index (χ2n) is 3.64. The van der Waals surface area contributed by atoms with Crippen LogP contribution in [0.15, 0.2) is 12.3 Å². The fourth-order valence-corrected chi connectivity index (χ4v) is 1.57. The van der Waals surface area contributed by atoms with Crippen LogP contribution in [0.2, 0.25) is 0 Å². The van der Waals surface area contributed by atoms with E-state index in [4.69, 9.17) is 17.3 Å². The molecular weight excluding hydrogens is 234 g/mol. The molecule has 0 atom stereocenters. The van der Waals surface area contributed by atoms with Crippen LogP contribution < -0.4 is 10.6 Å². The number of nitrogens with zero attached hydrogens (tertiary/aromatic N) is 2. The highest BCUT2D eigenvalue weighted by molar-refractivity contribution is 5.99. The van der Waals surface area contributed by atoms with E-state index in [0.717, 1.165) is 0 Å². The molecular formula is C12H13N3O3. The molecule has 0 saturated carbocycles. The van der Waals surface area contributed by atoms with Crippen molar-refractivity contribution in [2.24, 2.45) is 5.73 Å². The number of pyridine rings is 1. The van der Waals surface area contributed by atoms with Gasteiger partial charge in [0, 0.05) is 6.20 Å². The Balaban J connectivity index is 3.27. The SMILES string of the molecule is C#CCN(CC(=O)O)c1nccc(C)c1C(N)=O. The second-order valence-corrected chi connectivity index (χ2v) is 3.64. The van der Waals surface area contributed by atoms with Crippen LogP contribution in [0, 0.1) is 19.3 Å². The van der Waals surface area contributed by atoms with Gasteiger partial charge in [-0.25, -0.2) is 4.98 Å². The number of hydrogen-bond acceptors (Lipinski definition) is 4. The molecule has 6 heteroatoms. The zero-order valence-corrected chi connectivity index (χ0v) is 9.88. The number of carboxylic acid groups (broad SMARTS) is 1. The van der Waals surface area contributed by atoms with Gasteiger partial charge in [0.25, 0.3) is 5.91 Å². The Hall–Kier alpha value is -2.55. The number of rotatable bonds is 5. The van der Waals surface area contributed by atoms with Crippen LogP contribution in [-0.2, 0) is 4.79 Å². The molecule has 0 aliphatic heterocycles. The van der Waals surface area contributed by atoms with Gasteiger partial charge in [-0.1, -0.05) is 5.92 Å². The van der Waals surface area contributed by atoms with Crippen molar-refractivity contribution in [3.05, 3.63) is 23.4 Å². The molecule has 94 valence electrons. The van der Waals surface area contributed by atoms with E-state index in [2.05, 4.69) is 10.9 Å². The highest BCUT2D eigenvalue weighted by atomic mass is 16.4. The van der Waals surface area contributed by atoms with E-state index in [9.17, 15) is 9.59 Å². The number of hydrogen-bond donors (Lipinski definition) is 2. The van der Waals surface area contributed by atoms with Crippen molar-refractivity contribution in [3.8, 4) is 12.3 Å². The number of aromatic nitrogens is 1. The van der Waals surface area contributed by atoms with Gasteiger partial charge in [-0.2, -0.15) is 0 Å². The van der Waals surface area contributed by atoms with Crippen molar-refractivity contribution in [2.75, 3.05) is 18.0 Å². The number of carboxylic acids is 1. The largest absolute Gasteiger partial charge is 0.480 e. The third-order valence-electron chi connectivity index (χ3n) is 2.29. The van der Waals surface area contributed by atoms with Gasteiger partial charge in [0.1, 0.15) is 12.4 Å². The second kappa shape index (κ2) is 5.68. The van der Waals surface area contributed by atoms with Crippen molar-refractivity contribution in [2.45, 2.75) is 6.92 Å². The lowest BCUT2D eigenvalue weighted by molar-refractivity contribution is -0.135. The normalized spacial score (nSPS) is 9.56. The van der Waals surface area contributed by atoms with Crippen LogP contribution in [-0.4, -0.2) is 35.1 Å². The number of aliphatic carboxylic acids is 1. The molecule has 0 bridgehead atoms. The smallest absolute Gasteiger partial charge is 0.323 e. The molecule has 0 fully saturated rings. The van der Waals surface area contributed by atoms with Gasteiger partial charge in [0.15, 0.2) is 0 Å². The Morgan fingerprint density at radius 2 is 2.28 bits per heavy atom. The molecule has 0 spiro atoms. The molecule has 0 radical (unpaired) electrons. The third kappa shape index (κ3) is 2.98. The number of carbonyl (C=O) groups is 2. The van der Waals surface area contributed by atoms with E-state index in [0.29, 0.717) is 5.56 Å². The summed E-state index contributed by atoms with van der Waals surface area (Å²) in [6.07, 6.45) is 6.65. The van der Waals surface area contributed by atoms with Gasteiger partial charge < -0.3 is 15.7 Å². The molecule has 1 rings (SSSR count). The van der Waals surface area contributed by atoms with Gasteiger partial charge >= 0.3 is 5.97 Å². The van der Waals surface area contributed by atoms with E-state index in [1.54, 1.807) is 13.0 Å². The van der Waals surface area contributed by atoms with E-state index < -0.39 is 11.9 Å². The number of carbonyl (C=O) groups excluding carboxylic acids is 1. The average Bonchev–Trinajstić information content (AvgIpc) is 2.27. The summed E-state index contributed by atoms with van der Waals surface area (Å²) in [5.74, 6) is 0.795. The standard InChI is InChI=1S/C12H13N3O3/c1-3-6-15(7-9(16)17)12-10(11(13)18)8(2)4-5-14-12/h1,4-5H,6-7H2,2H3,(H2,13,18)(H,16,17). The van der Waals surface area contributed by atoms with Crippen LogP contribution >= 0.6 is 0 Å². The van der Waals surface area contributed by atoms with E-state index >= 15 is 0 Å². The first-order valence-electron chi connectivity index (χ1n) is 5.13. The van der Waals surface area contributed by atoms with Gasteiger partial charge in [0.05, 0.1) is 12.1 Å². The lowest BCUT2D eigenvalue weighted by Gasteiger charge is -2.21. The Morgan fingerprint density at radius 1 is 1.61 bits per heavy atom. The van der Waals surface area contributed by atoms with Crippen LogP contribution in [0.5, 0.6) is 0 Å². The maximum atomic E-state index is 11.4. The predicted octanol–water partition coefficient (Wildman–Crippen LogP) is 0.0131. The molecule has 0 saturated heterocycles. The quantitative estimate of drug-likeness (QED) is 0.714. The fraction of sp³-hybridized carbons (Fsp3) is 0.250. The van der Waals surface area contributed by atoms with Crippen molar-refractivity contribution in [3.63, 3.8) is 0 Å². The number of primary amides is 1.